The molecule has 0 saturated heterocycles. The summed E-state index contributed by atoms with van der Waals surface area (Å²) in [4.78, 5) is 33.5. The summed E-state index contributed by atoms with van der Waals surface area (Å²) in [6.07, 6.45) is 9.09. The average Bonchev–Trinajstić information content (AvgIpc) is 3.54. The molecule has 3 aliphatic carbocycles. The number of benzene rings is 1. The first-order valence-corrected chi connectivity index (χ1v) is 12.3. The van der Waals surface area contributed by atoms with E-state index in [1.54, 1.807) is 6.20 Å². The van der Waals surface area contributed by atoms with E-state index in [0.717, 1.165) is 47.6 Å². The molecule has 2 unspecified atom stereocenters. The second kappa shape index (κ2) is 8.15. The van der Waals surface area contributed by atoms with Crippen molar-refractivity contribution in [3.8, 4) is 22.8 Å². The van der Waals surface area contributed by atoms with Crippen molar-refractivity contribution in [3.63, 3.8) is 0 Å². The van der Waals surface area contributed by atoms with Gasteiger partial charge < -0.3 is 19.8 Å². The maximum Gasteiger partial charge on any atom is 0.308 e. The number of nitrogens with zero attached hydrogens (tertiary/aromatic N) is 4. The van der Waals surface area contributed by atoms with E-state index in [4.69, 9.17) is 14.4 Å². The normalized spacial score (nSPS) is 23.3. The number of aliphatic carboxylic acids is 1. The fourth-order valence-corrected chi connectivity index (χ4v) is 6.10. The monoisotopic (exact) mass is 480 g/mol. The molecule has 9 heteroatoms. The van der Waals surface area contributed by atoms with Gasteiger partial charge in [0.05, 0.1) is 5.92 Å². The molecule has 9 nitrogen and oxygen atoms in total. The Morgan fingerprint density at radius 2 is 1.92 bits per heavy atom. The van der Waals surface area contributed by atoms with Crippen molar-refractivity contribution < 1.29 is 14.3 Å². The number of para-hydroxylation sites is 1. The lowest BCUT2D eigenvalue weighted by molar-refractivity contribution is -0.148. The summed E-state index contributed by atoms with van der Waals surface area (Å²) >= 11 is 0. The van der Waals surface area contributed by atoms with Crippen molar-refractivity contribution in [1.29, 1.82) is 0 Å². The minimum absolute atomic E-state index is 0.174. The second-order valence-electron chi connectivity index (χ2n) is 9.81. The van der Waals surface area contributed by atoms with Gasteiger partial charge in [0.1, 0.15) is 29.1 Å². The molecule has 3 saturated carbocycles. The summed E-state index contributed by atoms with van der Waals surface area (Å²) in [6.45, 7) is 0. The van der Waals surface area contributed by atoms with Crippen molar-refractivity contribution in [1.82, 2.24) is 24.9 Å². The summed E-state index contributed by atoms with van der Waals surface area (Å²) < 4.78 is 6.12. The fourth-order valence-electron chi connectivity index (χ4n) is 6.10. The first-order valence-electron chi connectivity index (χ1n) is 12.3. The Bertz CT molecular complexity index is 1570. The second-order valence-corrected chi connectivity index (χ2v) is 9.81. The molecular weight excluding hydrogens is 456 g/mol. The molecule has 36 heavy (non-hydrogen) atoms. The maximum atomic E-state index is 12.2. The number of rotatable bonds is 5. The largest absolute Gasteiger partial charge is 0.481 e. The lowest BCUT2D eigenvalue weighted by Crippen LogP contribution is -2.51. The smallest absolute Gasteiger partial charge is 0.308 e. The van der Waals surface area contributed by atoms with Crippen LogP contribution in [0.4, 0.5) is 5.82 Å². The molecule has 0 spiro atoms. The van der Waals surface area contributed by atoms with Crippen molar-refractivity contribution >= 4 is 33.8 Å². The van der Waals surface area contributed by atoms with Crippen LogP contribution in [-0.2, 0) is 4.79 Å². The molecule has 2 bridgehead atoms. The lowest BCUT2D eigenvalue weighted by atomic mass is 9.61. The minimum atomic E-state index is -0.734. The Hall–Kier alpha value is -4.27. The number of carboxylic acid groups (broad SMARTS) is 1. The van der Waals surface area contributed by atoms with Gasteiger partial charge >= 0.3 is 5.97 Å². The van der Waals surface area contributed by atoms with Gasteiger partial charge in [-0.05, 0) is 49.7 Å². The van der Waals surface area contributed by atoms with Gasteiger partial charge in [-0.25, -0.2) is 19.9 Å². The van der Waals surface area contributed by atoms with Crippen molar-refractivity contribution in [2.45, 2.75) is 31.7 Å². The molecule has 2 atom stereocenters. The number of carboxylic acids is 1. The van der Waals surface area contributed by atoms with E-state index in [1.165, 1.54) is 6.33 Å². The van der Waals surface area contributed by atoms with E-state index in [9.17, 15) is 9.90 Å². The number of aromatic nitrogens is 5. The Morgan fingerprint density at radius 3 is 2.75 bits per heavy atom. The molecule has 0 amide bonds. The maximum absolute atomic E-state index is 12.2. The Balaban J connectivity index is 1.36. The SMILES string of the molecule is O=C(O)C1C2CCC(CC2)C1Nc1cc(-c2cc3ccccc3o2)nc(-c2c[nH]c3ncncc23)n1. The minimum Gasteiger partial charge on any atom is -0.481 e. The molecule has 5 aromatic rings. The number of anilines is 1. The third-order valence-corrected chi connectivity index (χ3v) is 7.82. The lowest BCUT2D eigenvalue weighted by Gasteiger charge is -2.47. The molecule has 1 aromatic carbocycles. The summed E-state index contributed by atoms with van der Waals surface area (Å²) in [7, 11) is 0. The van der Waals surface area contributed by atoms with Crippen LogP contribution in [0, 0.1) is 17.8 Å². The van der Waals surface area contributed by atoms with E-state index in [0.29, 0.717) is 34.7 Å². The Morgan fingerprint density at radius 1 is 1.08 bits per heavy atom. The van der Waals surface area contributed by atoms with Gasteiger partial charge in [0.15, 0.2) is 11.6 Å². The van der Waals surface area contributed by atoms with Crippen LogP contribution >= 0.6 is 0 Å². The van der Waals surface area contributed by atoms with Crippen LogP contribution in [0.1, 0.15) is 25.7 Å². The zero-order valence-electron chi connectivity index (χ0n) is 19.4. The van der Waals surface area contributed by atoms with E-state index in [1.807, 2.05) is 42.6 Å². The quantitative estimate of drug-likeness (QED) is 0.316. The highest BCUT2D eigenvalue weighted by atomic mass is 16.4. The third kappa shape index (κ3) is 3.42. The van der Waals surface area contributed by atoms with Gasteiger partial charge in [-0.3, -0.25) is 4.79 Å². The molecule has 4 heterocycles. The summed E-state index contributed by atoms with van der Waals surface area (Å²) in [5.41, 5.74) is 2.87. The number of carbonyl (C=O) groups is 1. The van der Waals surface area contributed by atoms with E-state index < -0.39 is 11.9 Å². The summed E-state index contributed by atoms with van der Waals surface area (Å²) in [5, 5.41) is 15.4. The highest BCUT2D eigenvalue weighted by Crippen LogP contribution is 2.46. The number of hydrogen-bond acceptors (Lipinski definition) is 7. The third-order valence-electron chi connectivity index (χ3n) is 7.82. The number of fused-ring (bicyclic) bond motifs is 5. The molecule has 180 valence electrons. The first kappa shape index (κ1) is 21.0. The van der Waals surface area contributed by atoms with Crippen LogP contribution in [0.5, 0.6) is 0 Å². The standard InChI is InChI=1S/C27H24N6O3/c34-27(35)23-14-5-7-15(8-6-14)24(23)32-22-10-19(21-9-16-3-1-2-4-20(16)36-21)31-26(33-22)18-12-29-25-17(18)11-28-13-30-25/h1-4,9-15,23-24H,5-8H2,(H,34,35)(H,28,29,30)(H,31,32,33). The topological polar surface area (TPSA) is 130 Å². The molecular formula is C27H24N6O3. The molecule has 8 rings (SSSR count). The highest BCUT2D eigenvalue weighted by molar-refractivity contribution is 5.91. The van der Waals surface area contributed by atoms with Gasteiger partial charge in [0, 0.05) is 40.8 Å². The molecule has 0 radical (unpaired) electrons. The van der Waals surface area contributed by atoms with E-state index in [2.05, 4.69) is 20.3 Å². The average molecular weight is 481 g/mol. The highest BCUT2D eigenvalue weighted by Gasteiger charge is 2.47. The van der Waals surface area contributed by atoms with Gasteiger partial charge in [-0.1, -0.05) is 18.2 Å². The van der Waals surface area contributed by atoms with Gasteiger partial charge in [-0.15, -0.1) is 0 Å². The number of furan rings is 1. The van der Waals surface area contributed by atoms with Crippen LogP contribution in [-0.4, -0.2) is 42.0 Å². The van der Waals surface area contributed by atoms with Crippen LogP contribution < -0.4 is 5.32 Å². The number of hydrogen-bond donors (Lipinski definition) is 3. The zero-order chi connectivity index (χ0) is 24.2. The fraction of sp³-hybridized carbons (Fsp3) is 0.296. The van der Waals surface area contributed by atoms with Crippen molar-refractivity contribution in [2.24, 2.45) is 17.8 Å². The number of H-pyrrole nitrogens is 1. The Kier molecular flexibility index (Phi) is 4.77. The van der Waals surface area contributed by atoms with Crippen molar-refractivity contribution in [3.05, 3.63) is 55.1 Å². The molecule has 3 aliphatic rings. The van der Waals surface area contributed by atoms with Crippen LogP contribution in [0.3, 0.4) is 0 Å². The molecule has 4 aromatic heterocycles. The summed E-state index contributed by atoms with van der Waals surface area (Å²) in [6, 6.07) is 11.5. The van der Waals surface area contributed by atoms with Crippen LogP contribution in [0.2, 0.25) is 0 Å². The van der Waals surface area contributed by atoms with Crippen LogP contribution in [0.25, 0.3) is 44.8 Å². The van der Waals surface area contributed by atoms with Gasteiger partial charge in [0.25, 0.3) is 0 Å². The van der Waals surface area contributed by atoms with Gasteiger partial charge in [-0.2, -0.15) is 0 Å². The molecule has 0 aliphatic heterocycles. The summed E-state index contributed by atoms with van der Waals surface area (Å²) in [5.74, 6) is 1.06. The molecule has 3 fully saturated rings. The predicted octanol–water partition coefficient (Wildman–Crippen LogP) is 5.13. The first-order chi connectivity index (χ1) is 17.6. The number of nitrogens with one attached hydrogen (secondary N) is 2. The zero-order valence-corrected chi connectivity index (χ0v) is 19.4. The van der Waals surface area contributed by atoms with E-state index in [-0.39, 0.29) is 12.0 Å². The van der Waals surface area contributed by atoms with Gasteiger partial charge in [0.2, 0.25) is 0 Å². The van der Waals surface area contributed by atoms with E-state index >= 15 is 0 Å². The Labute approximate surface area is 206 Å². The predicted molar refractivity (Wildman–Crippen MR) is 134 cm³/mol. The van der Waals surface area contributed by atoms with Crippen molar-refractivity contribution in [2.75, 3.05) is 5.32 Å². The molecule has 3 N–H and O–H groups in total. The number of aromatic amines is 1. The van der Waals surface area contributed by atoms with Crippen LogP contribution in [0.15, 0.2) is 59.5 Å².